The largest absolute Gasteiger partial charge is 0.366 e. The first-order valence-electron chi connectivity index (χ1n) is 6.99. The van der Waals surface area contributed by atoms with Crippen LogP contribution in [0.1, 0.15) is 31.7 Å². The summed E-state index contributed by atoms with van der Waals surface area (Å²) in [4.78, 5) is 6.77. The average molecular weight is 357 g/mol. The van der Waals surface area contributed by atoms with E-state index in [9.17, 15) is 5.11 Å². The van der Waals surface area contributed by atoms with Gasteiger partial charge in [-0.15, -0.1) is 17.0 Å². The van der Waals surface area contributed by atoms with E-state index in [4.69, 9.17) is 0 Å². The number of hydrogen-bond acceptors (Lipinski definition) is 4. The molecule has 0 aromatic heterocycles. The molecule has 1 aromatic carbocycles. The summed E-state index contributed by atoms with van der Waals surface area (Å²) >= 11 is 1.70. The molecule has 0 aliphatic carbocycles. The Morgan fingerprint density at radius 1 is 1.25 bits per heavy atom. The van der Waals surface area contributed by atoms with Gasteiger partial charge in [0, 0.05) is 18.7 Å². The van der Waals surface area contributed by atoms with Gasteiger partial charge >= 0.3 is 0 Å². The van der Waals surface area contributed by atoms with Gasteiger partial charge in [0.25, 0.3) is 0 Å². The van der Waals surface area contributed by atoms with Crippen molar-refractivity contribution in [2.75, 3.05) is 13.1 Å². The van der Waals surface area contributed by atoms with E-state index in [1.54, 1.807) is 11.8 Å². The lowest BCUT2D eigenvalue weighted by Gasteiger charge is -2.37. The number of rotatable bonds is 1. The van der Waals surface area contributed by atoms with Crippen molar-refractivity contribution in [3.63, 3.8) is 0 Å². The highest BCUT2D eigenvalue weighted by Gasteiger charge is 2.50. The Bertz CT molecular complexity index is 482. The number of thioether (sulfide) groups is 1. The van der Waals surface area contributed by atoms with E-state index in [1.807, 2.05) is 30.3 Å². The molecule has 1 saturated heterocycles. The van der Waals surface area contributed by atoms with Gasteiger partial charge in [-0.1, -0.05) is 42.1 Å². The maximum Gasteiger partial charge on any atom is 0.178 e. The fourth-order valence-electron chi connectivity index (χ4n) is 2.87. The molecule has 3 nitrogen and oxygen atoms in total. The van der Waals surface area contributed by atoms with E-state index in [2.05, 4.69) is 16.8 Å². The molecule has 2 aliphatic heterocycles. The Morgan fingerprint density at radius 3 is 2.75 bits per heavy atom. The van der Waals surface area contributed by atoms with Crippen LogP contribution in [0.4, 0.5) is 0 Å². The van der Waals surface area contributed by atoms with Crippen LogP contribution in [0.3, 0.4) is 0 Å². The maximum atomic E-state index is 11.3. The maximum absolute atomic E-state index is 11.3. The van der Waals surface area contributed by atoms with Gasteiger partial charge in [0.2, 0.25) is 0 Å². The molecule has 0 spiro atoms. The molecule has 0 amide bonds. The van der Waals surface area contributed by atoms with Crippen LogP contribution in [0.2, 0.25) is 0 Å². The van der Waals surface area contributed by atoms with Crippen molar-refractivity contribution in [2.45, 2.75) is 37.2 Å². The number of aliphatic hydroxyl groups is 1. The number of hydrogen-bond donors (Lipinski definition) is 1. The highest BCUT2D eigenvalue weighted by atomic mass is 79.9. The number of benzene rings is 1. The van der Waals surface area contributed by atoms with Crippen LogP contribution in [-0.2, 0) is 5.72 Å². The first kappa shape index (κ1) is 15.9. The molecule has 5 heteroatoms. The predicted molar refractivity (Wildman–Crippen MR) is 90.6 cm³/mol. The molecule has 2 atom stereocenters. The van der Waals surface area contributed by atoms with Crippen LogP contribution in [0.25, 0.3) is 0 Å². The minimum atomic E-state index is -0.915. The van der Waals surface area contributed by atoms with Gasteiger partial charge in [-0.2, -0.15) is 0 Å². The molecule has 0 radical (unpaired) electrons. The van der Waals surface area contributed by atoms with Crippen molar-refractivity contribution in [1.82, 2.24) is 4.90 Å². The Hall–Kier alpha value is -0.520. The van der Waals surface area contributed by atoms with Gasteiger partial charge in [-0.25, -0.2) is 0 Å². The second-order valence-corrected chi connectivity index (χ2v) is 6.54. The molecule has 20 heavy (non-hydrogen) atoms. The summed E-state index contributed by atoms with van der Waals surface area (Å²) in [6, 6.07) is 9.99. The number of aliphatic imine (C=N–C) groups is 1. The minimum absolute atomic E-state index is 0. The zero-order valence-corrected chi connectivity index (χ0v) is 14.2. The number of halogens is 1. The summed E-state index contributed by atoms with van der Waals surface area (Å²) in [6.45, 7) is 3.86. The molecule has 110 valence electrons. The minimum Gasteiger partial charge on any atom is -0.366 e. The zero-order valence-electron chi connectivity index (χ0n) is 11.7. The smallest absolute Gasteiger partial charge is 0.178 e. The second-order valence-electron chi connectivity index (χ2n) is 5.23. The summed E-state index contributed by atoms with van der Waals surface area (Å²) in [5, 5.41) is 12.4. The molecule has 1 fully saturated rings. The number of nitrogens with zero attached hydrogens (tertiary/aromatic N) is 2. The second kappa shape index (κ2) is 6.50. The van der Waals surface area contributed by atoms with Crippen molar-refractivity contribution in [1.29, 1.82) is 0 Å². The highest BCUT2D eigenvalue weighted by Crippen LogP contribution is 2.45. The van der Waals surface area contributed by atoms with Crippen LogP contribution in [0.15, 0.2) is 35.3 Å². The molecule has 2 heterocycles. The molecule has 0 bridgehead atoms. The van der Waals surface area contributed by atoms with E-state index in [0.29, 0.717) is 0 Å². The third kappa shape index (κ3) is 2.63. The molecule has 3 rings (SSSR count). The first-order valence-corrected chi connectivity index (χ1v) is 7.87. The van der Waals surface area contributed by atoms with Crippen LogP contribution >= 0.6 is 28.7 Å². The third-order valence-electron chi connectivity index (χ3n) is 3.98. The fraction of sp³-hybridized carbons (Fsp3) is 0.533. The summed E-state index contributed by atoms with van der Waals surface area (Å²) < 4.78 is 0. The highest BCUT2D eigenvalue weighted by molar-refractivity contribution is 8.93. The normalized spacial score (nSPS) is 32.4. The Morgan fingerprint density at radius 2 is 2.00 bits per heavy atom. The molecule has 2 aliphatic rings. The van der Waals surface area contributed by atoms with Crippen LogP contribution in [0, 0.1) is 0 Å². The van der Waals surface area contributed by atoms with Crippen LogP contribution in [-0.4, -0.2) is 33.5 Å². The molecular formula is C15H21BrN2OS. The predicted octanol–water partition coefficient (Wildman–Crippen LogP) is 3.39. The van der Waals surface area contributed by atoms with Crippen LogP contribution < -0.4 is 0 Å². The molecule has 1 N–H and O–H groups in total. The van der Waals surface area contributed by atoms with Crippen molar-refractivity contribution >= 4 is 33.9 Å². The van der Waals surface area contributed by atoms with Crippen molar-refractivity contribution in [3.8, 4) is 0 Å². The van der Waals surface area contributed by atoms with Gasteiger partial charge in [0.05, 0.1) is 5.25 Å². The SMILES string of the molecule is Br.CC1S/C2=N/CCCCCN2C1(O)c1ccccc1. The third-order valence-corrected chi connectivity index (χ3v) is 5.22. The standard InChI is InChI=1S/C15H20N2OS.BrH/c1-12-15(18,13-8-4-2-5-9-13)17-11-7-3-6-10-16-14(17)19-12;/h2,4-5,8-9,12,18H,3,6-7,10-11H2,1H3;1H/b16-14+;. The topological polar surface area (TPSA) is 35.8 Å². The summed E-state index contributed by atoms with van der Waals surface area (Å²) in [6.07, 6.45) is 3.48. The first-order chi connectivity index (χ1) is 9.23. The molecular weight excluding hydrogens is 336 g/mol. The lowest BCUT2D eigenvalue weighted by atomic mass is 9.97. The summed E-state index contributed by atoms with van der Waals surface area (Å²) in [5.74, 6) is 0. The molecule has 0 saturated carbocycles. The van der Waals surface area contributed by atoms with Gasteiger partial charge in [-0.3, -0.25) is 4.99 Å². The Kier molecular flexibility index (Phi) is 5.15. The van der Waals surface area contributed by atoms with Gasteiger partial charge < -0.3 is 10.0 Å². The monoisotopic (exact) mass is 356 g/mol. The van der Waals surface area contributed by atoms with Crippen molar-refractivity contribution in [3.05, 3.63) is 35.9 Å². The molecule has 1 aromatic rings. The van der Waals surface area contributed by atoms with Gasteiger partial charge in [-0.05, 0) is 26.2 Å². The van der Waals surface area contributed by atoms with E-state index >= 15 is 0 Å². The summed E-state index contributed by atoms with van der Waals surface area (Å²) in [7, 11) is 0. The lowest BCUT2D eigenvalue weighted by Crippen LogP contribution is -2.48. The van der Waals surface area contributed by atoms with E-state index in [0.717, 1.165) is 36.7 Å². The van der Waals surface area contributed by atoms with E-state index < -0.39 is 5.72 Å². The Balaban J connectivity index is 0.00000147. The zero-order chi connectivity index (χ0) is 13.3. The van der Waals surface area contributed by atoms with Gasteiger partial charge in [0.1, 0.15) is 0 Å². The quantitative estimate of drug-likeness (QED) is 0.837. The number of fused-ring (bicyclic) bond motifs is 1. The van der Waals surface area contributed by atoms with Crippen molar-refractivity contribution < 1.29 is 5.11 Å². The van der Waals surface area contributed by atoms with Crippen molar-refractivity contribution in [2.24, 2.45) is 4.99 Å². The average Bonchev–Trinajstić information content (AvgIpc) is 2.64. The number of amidine groups is 1. The van der Waals surface area contributed by atoms with Gasteiger partial charge in [0.15, 0.2) is 10.9 Å². The van der Waals surface area contributed by atoms with E-state index in [-0.39, 0.29) is 22.2 Å². The summed E-state index contributed by atoms with van der Waals surface area (Å²) in [5.41, 5.74) is 0.0584. The lowest BCUT2D eigenvalue weighted by molar-refractivity contribution is -0.0681. The van der Waals surface area contributed by atoms with E-state index in [1.165, 1.54) is 6.42 Å². The Labute approximate surface area is 135 Å². The van der Waals surface area contributed by atoms with Crippen LogP contribution in [0.5, 0.6) is 0 Å². The fourth-order valence-corrected chi connectivity index (χ4v) is 4.13. The molecule has 2 unspecified atom stereocenters.